The summed E-state index contributed by atoms with van der Waals surface area (Å²) in [5.41, 5.74) is -0.920. The van der Waals surface area contributed by atoms with Gasteiger partial charge in [0.1, 0.15) is 11.2 Å². The Kier molecular flexibility index (Phi) is 4.51. The first-order chi connectivity index (χ1) is 7.53. The van der Waals surface area contributed by atoms with Gasteiger partial charge in [-0.1, -0.05) is 19.3 Å². The number of rotatable bonds is 4. The second-order valence-electron chi connectivity index (χ2n) is 4.81. The molecule has 0 amide bonds. The molecular formula is C13H22O3. The maximum absolute atomic E-state index is 12.0. The molecule has 0 N–H and O–H groups in total. The predicted octanol–water partition coefficient (Wildman–Crippen LogP) is 2.73. The number of hydrogen-bond donors (Lipinski definition) is 0. The molecule has 1 aliphatic carbocycles. The summed E-state index contributed by atoms with van der Waals surface area (Å²) >= 11 is 0. The highest BCUT2D eigenvalue weighted by Crippen LogP contribution is 2.40. The smallest absolute Gasteiger partial charge is 0.319 e. The van der Waals surface area contributed by atoms with Crippen molar-refractivity contribution in [3.8, 4) is 0 Å². The van der Waals surface area contributed by atoms with Crippen molar-refractivity contribution in [2.24, 2.45) is 11.3 Å². The average Bonchev–Trinajstić information content (AvgIpc) is 2.29. The van der Waals surface area contributed by atoms with E-state index in [1.165, 1.54) is 13.3 Å². The number of Topliss-reactive ketones (excluding diaryl/α,β-unsaturated/α-hetero) is 1. The molecule has 1 fully saturated rings. The Bertz CT molecular complexity index is 266. The third-order valence-electron chi connectivity index (χ3n) is 3.85. The normalized spacial score (nSPS) is 21.2. The van der Waals surface area contributed by atoms with Gasteiger partial charge in [-0.25, -0.2) is 0 Å². The zero-order valence-corrected chi connectivity index (χ0v) is 10.5. The summed E-state index contributed by atoms with van der Waals surface area (Å²) in [6.07, 6.45) is 5.39. The molecule has 0 saturated heterocycles. The molecule has 0 aromatic heterocycles. The number of ether oxygens (including phenoxy) is 1. The number of carbonyl (C=O) groups excluding carboxylic acids is 2. The van der Waals surface area contributed by atoms with Crippen molar-refractivity contribution < 1.29 is 14.3 Å². The molecule has 0 heterocycles. The lowest BCUT2D eigenvalue weighted by atomic mass is 9.68. The van der Waals surface area contributed by atoms with E-state index in [9.17, 15) is 9.59 Å². The molecule has 1 unspecified atom stereocenters. The van der Waals surface area contributed by atoms with Gasteiger partial charge in [-0.3, -0.25) is 9.59 Å². The predicted molar refractivity (Wildman–Crippen MR) is 62.0 cm³/mol. The Balaban J connectivity index is 2.85. The molecule has 16 heavy (non-hydrogen) atoms. The lowest BCUT2D eigenvalue weighted by Crippen LogP contribution is -2.44. The minimum atomic E-state index is -0.920. The fraction of sp³-hybridized carbons (Fsp3) is 0.846. The standard InChI is InChI=1S/C13H22O3/c1-4-16-12(15)13(3,10(2)14)11-8-6-5-7-9-11/h11H,4-9H2,1-3H3. The van der Waals surface area contributed by atoms with Crippen molar-refractivity contribution in [2.45, 2.75) is 52.9 Å². The van der Waals surface area contributed by atoms with Gasteiger partial charge in [0.15, 0.2) is 0 Å². The van der Waals surface area contributed by atoms with E-state index in [1.807, 2.05) is 0 Å². The largest absolute Gasteiger partial charge is 0.465 e. The van der Waals surface area contributed by atoms with Crippen LogP contribution in [0, 0.1) is 11.3 Å². The van der Waals surface area contributed by atoms with E-state index in [0.717, 1.165) is 25.7 Å². The molecule has 92 valence electrons. The van der Waals surface area contributed by atoms with Gasteiger partial charge in [-0.2, -0.15) is 0 Å². The molecule has 0 aromatic carbocycles. The molecule has 1 aliphatic rings. The van der Waals surface area contributed by atoms with Gasteiger partial charge >= 0.3 is 5.97 Å². The Morgan fingerprint density at radius 1 is 1.25 bits per heavy atom. The monoisotopic (exact) mass is 226 g/mol. The van der Waals surface area contributed by atoms with E-state index in [4.69, 9.17) is 4.74 Å². The third kappa shape index (κ3) is 2.45. The van der Waals surface area contributed by atoms with Gasteiger partial charge in [0.2, 0.25) is 0 Å². The van der Waals surface area contributed by atoms with Crippen LogP contribution < -0.4 is 0 Å². The van der Waals surface area contributed by atoms with E-state index in [-0.39, 0.29) is 17.7 Å². The minimum Gasteiger partial charge on any atom is -0.465 e. The first kappa shape index (κ1) is 13.2. The van der Waals surface area contributed by atoms with E-state index in [1.54, 1.807) is 13.8 Å². The number of ketones is 1. The van der Waals surface area contributed by atoms with E-state index >= 15 is 0 Å². The fourth-order valence-corrected chi connectivity index (χ4v) is 2.56. The summed E-state index contributed by atoms with van der Waals surface area (Å²) in [6, 6.07) is 0. The minimum absolute atomic E-state index is 0.0575. The van der Waals surface area contributed by atoms with Crippen LogP contribution in [-0.2, 0) is 14.3 Å². The van der Waals surface area contributed by atoms with Crippen molar-refractivity contribution in [3.05, 3.63) is 0 Å². The molecule has 0 bridgehead atoms. The van der Waals surface area contributed by atoms with Gasteiger partial charge in [-0.05, 0) is 39.5 Å². The summed E-state index contributed by atoms with van der Waals surface area (Å²) in [6.45, 7) is 5.38. The van der Waals surface area contributed by atoms with Crippen LogP contribution in [0.15, 0.2) is 0 Å². The highest BCUT2D eigenvalue weighted by molar-refractivity contribution is 6.02. The third-order valence-corrected chi connectivity index (χ3v) is 3.85. The van der Waals surface area contributed by atoms with E-state index in [2.05, 4.69) is 0 Å². The van der Waals surface area contributed by atoms with Gasteiger partial charge < -0.3 is 4.74 Å². The van der Waals surface area contributed by atoms with Crippen molar-refractivity contribution in [1.29, 1.82) is 0 Å². The molecule has 3 heteroatoms. The Labute approximate surface area is 97.5 Å². The van der Waals surface area contributed by atoms with Crippen LogP contribution in [0.25, 0.3) is 0 Å². The summed E-state index contributed by atoms with van der Waals surface area (Å²) in [4.78, 5) is 23.7. The highest BCUT2D eigenvalue weighted by atomic mass is 16.5. The molecule has 1 saturated carbocycles. The Hall–Kier alpha value is -0.860. The van der Waals surface area contributed by atoms with Crippen LogP contribution in [0.4, 0.5) is 0 Å². The maximum Gasteiger partial charge on any atom is 0.319 e. The van der Waals surface area contributed by atoms with E-state index < -0.39 is 5.41 Å². The van der Waals surface area contributed by atoms with Gasteiger partial charge in [0.05, 0.1) is 6.61 Å². The Morgan fingerprint density at radius 3 is 2.25 bits per heavy atom. The number of hydrogen-bond acceptors (Lipinski definition) is 3. The van der Waals surface area contributed by atoms with Crippen LogP contribution in [0.3, 0.4) is 0 Å². The van der Waals surface area contributed by atoms with Crippen LogP contribution in [0.1, 0.15) is 52.9 Å². The summed E-state index contributed by atoms with van der Waals surface area (Å²) in [5, 5.41) is 0. The first-order valence-corrected chi connectivity index (χ1v) is 6.21. The van der Waals surface area contributed by atoms with Crippen LogP contribution in [-0.4, -0.2) is 18.4 Å². The molecule has 1 atom stereocenters. The van der Waals surface area contributed by atoms with Crippen molar-refractivity contribution in [2.75, 3.05) is 6.61 Å². The van der Waals surface area contributed by atoms with Crippen LogP contribution >= 0.6 is 0 Å². The second kappa shape index (κ2) is 5.46. The Morgan fingerprint density at radius 2 is 1.81 bits per heavy atom. The van der Waals surface area contributed by atoms with Gasteiger partial charge in [0, 0.05) is 0 Å². The second-order valence-corrected chi connectivity index (χ2v) is 4.81. The van der Waals surface area contributed by atoms with Crippen LogP contribution in [0.2, 0.25) is 0 Å². The van der Waals surface area contributed by atoms with Crippen molar-refractivity contribution in [3.63, 3.8) is 0 Å². The lowest BCUT2D eigenvalue weighted by Gasteiger charge is -2.35. The van der Waals surface area contributed by atoms with E-state index in [0.29, 0.717) is 6.61 Å². The molecule has 1 rings (SSSR count). The molecule has 3 nitrogen and oxygen atoms in total. The van der Waals surface area contributed by atoms with Crippen molar-refractivity contribution >= 4 is 11.8 Å². The number of esters is 1. The molecular weight excluding hydrogens is 204 g/mol. The van der Waals surface area contributed by atoms with Crippen LogP contribution in [0.5, 0.6) is 0 Å². The van der Waals surface area contributed by atoms with Gasteiger partial charge in [-0.15, -0.1) is 0 Å². The maximum atomic E-state index is 12.0. The molecule has 0 aromatic rings. The molecule has 0 spiro atoms. The number of carbonyl (C=O) groups is 2. The highest BCUT2D eigenvalue weighted by Gasteiger charge is 2.46. The lowest BCUT2D eigenvalue weighted by molar-refractivity contribution is -0.163. The average molecular weight is 226 g/mol. The zero-order valence-electron chi connectivity index (χ0n) is 10.5. The van der Waals surface area contributed by atoms with Crippen molar-refractivity contribution in [1.82, 2.24) is 0 Å². The summed E-state index contributed by atoms with van der Waals surface area (Å²) < 4.78 is 5.06. The SMILES string of the molecule is CCOC(=O)C(C)(C(C)=O)C1CCCCC1. The van der Waals surface area contributed by atoms with Gasteiger partial charge in [0.25, 0.3) is 0 Å². The first-order valence-electron chi connectivity index (χ1n) is 6.21. The zero-order chi connectivity index (χ0) is 12.2. The summed E-state index contributed by atoms with van der Waals surface area (Å²) in [5.74, 6) is -0.231. The topological polar surface area (TPSA) is 43.4 Å². The summed E-state index contributed by atoms with van der Waals surface area (Å²) in [7, 11) is 0. The fourth-order valence-electron chi connectivity index (χ4n) is 2.56. The molecule has 0 aliphatic heterocycles. The molecule has 0 radical (unpaired) electrons. The quantitative estimate of drug-likeness (QED) is 0.547.